The second-order valence-corrected chi connectivity index (χ2v) is 7.56. The summed E-state index contributed by atoms with van der Waals surface area (Å²) in [7, 11) is 1.20. The van der Waals surface area contributed by atoms with E-state index in [1.54, 1.807) is 13.2 Å². The molecule has 0 aliphatic carbocycles. The van der Waals surface area contributed by atoms with Crippen LogP contribution in [0, 0.1) is 5.92 Å². The van der Waals surface area contributed by atoms with E-state index in [9.17, 15) is 9.00 Å². The first kappa shape index (κ1) is 20.8. The molecule has 0 bridgehead atoms. The quantitative estimate of drug-likeness (QED) is 0.448. The van der Waals surface area contributed by atoms with Gasteiger partial charge in [-0.3, -0.25) is 4.79 Å². The lowest BCUT2D eigenvalue weighted by Crippen LogP contribution is -2.34. The molecule has 0 saturated heterocycles. The number of hydrogen-bond donors (Lipinski definition) is 1. The molecule has 3 rings (SSSR count). The number of nitrogens with one attached hydrogen (secondary N) is 1. The fraction of sp³-hybridized carbons (Fsp3) is 0.174. The Morgan fingerprint density at radius 1 is 1.03 bits per heavy atom. The lowest BCUT2D eigenvalue weighted by Gasteiger charge is -2.24. The van der Waals surface area contributed by atoms with Gasteiger partial charge in [-0.15, -0.1) is 6.58 Å². The van der Waals surface area contributed by atoms with Crippen molar-refractivity contribution in [1.29, 1.82) is 0 Å². The zero-order valence-corrected chi connectivity index (χ0v) is 17.1. The van der Waals surface area contributed by atoms with Crippen molar-refractivity contribution in [3.8, 4) is 5.75 Å². The van der Waals surface area contributed by atoms with Gasteiger partial charge in [0, 0.05) is 5.39 Å². The molecule has 1 N–H and O–H groups in total. The highest BCUT2D eigenvalue weighted by atomic mass is 32.2. The number of benzene rings is 3. The minimum Gasteiger partial charge on any atom is -0.495 e. The molecular formula is C23H23NO4S. The minimum absolute atomic E-state index is 0.455. The Labute approximate surface area is 172 Å². The number of hydrogen-bond acceptors (Lipinski definition) is 4. The van der Waals surface area contributed by atoms with Crippen LogP contribution >= 0.6 is 0 Å². The zero-order valence-electron chi connectivity index (χ0n) is 16.3. The molecule has 0 heterocycles. The molecule has 0 unspecified atom stereocenters. The number of rotatable bonds is 8. The molecule has 3 aromatic rings. The number of fused-ring (bicyclic) bond motifs is 1. The summed E-state index contributed by atoms with van der Waals surface area (Å²) >= 11 is 0. The average molecular weight is 410 g/mol. The fourth-order valence-electron chi connectivity index (χ4n) is 3.26. The third-order valence-electron chi connectivity index (χ3n) is 4.73. The maximum absolute atomic E-state index is 13.5. The molecule has 6 heteroatoms. The zero-order chi connectivity index (χ0) is 20.8. The van der Waals surface area contributed by atoms with Gasteiger partial charge in [0.05, 0.1) is 26.2 Å². The van der Waals surface area contributed by atoms with Crippen LogP contribution in [0.2, 0.25) is 0 Å². The molecule has 0 saturated carbocycles. The number of carbonyl (C=O) groups excluding carboxylic acids is 1. The van der Waals surface area contributed by atoms with Crippen molar-refractivity contribution in [3.05, 3.63) is 84.9 Å². The van der Waals surface area contributed by atoms with Crippen molar-refractivity contribution in [2.24, 2.45) is 5.92 Å². The van der Waals surface area contributed by atoms with Crippen molar-refractivity contribution in [2.45, 2.75) is 10.9 Å². The number of esters is 1. The lowest BCUT2D eigenvalue weighted by atomic mass is 9.94. The van der Waals surface area contributed by atoms with E-state index in [0.29, 0.717) is 10.6 Å². The molecule has 0 aromatic heterocycles. The average Bonchev–Trinajstić information content (AvgIpc) is 2.78. The SMILES string of the molecule is C=C[C@@H](C(=O)OC)[C@@H](N[S@@](=O)c1c(OC)ccc2ccccc12)c1ccccc1. The van der Waals surface area contributed by atoms with Crippen LogP contribution in [-0.2, 0) is 20.5 Å². The molecule has 5 nitrogen and oxygen atoms in total. The Morgan fingerprint density at radius 2 is 1.72 bits per heavy atom. The number of ether oxygens (including phenoxy) is 2. The van der Waals surface area contributed by atoms with E-state index in [0.717, 1.165) is 16.3 Å². The Bertz CT molecular complexity index is 1040. The highest BCUT2D eigenvalue weighted by Crippen LogP contribution is 2.33. The Hall–Kier alpha value is -2.96. The van der Waals surface area contributed by atoms with Crippen molar-refractivity contribution in [1.82, 2.24) is 4.72 Å². The molecule has 0 aliphatic heterocycles. The van der Waals surface area contributed by atoms with Crippen molar-refractivity contribution >= 4 is 27.7 Å². The predicted molar refractivity (Wildman–Crippen MR) is 115 cm³/mol. The topological polar surface area (TPSA) is 64.6 Å². The van der Waals surface area contributed by atoms with E-state index in [4.69, 9.17) is 9.47 Å². The first-order valence-corrected chi connectivity index (χ1v) is 10.2. The van der Waals surface area contributed by atoms with Gasteiger partial charge in [0.15, 0.2) is 0 Å². The van der Waals surface area contributed by atoms with Crippen molar-refractivity contribution in [3.63, 3.8) is 0 Å². The van der Waals surface area contributed by atoms with E-state index >= 15 is 0 Å². The van der Waals surface area contributed by atoms with Gasteiger partial charge in [0.25, 0.3) is 0 Å². The molecule has 0 radical (unpaired) electrons. The van der Waals surface area contributed by atoms with Gasteiger partial charge in [-0.2, -0.15) is 0 Å². The lowest BCUT2D eigenvalue weighted by molar-refractivity contribution is -0.144. The van der Waals surface area contributed by atoms with Crippen LogP contribution in [0.1, 0.15) is 11.6 Å². The van der Waals surface area contributed by atoms with Crippen molar-refractivity contribution < 1.29 is 18.5 Å². The summed E-state index contributed by atoms with van der Waals surface area (Å²) in [4.78, 5) is 12.9. The molecule has 29 heavy (non-hydrogen) atoms. The monoisotopic (exact) mass is 409 g/mol. The van der Waals surface area contributed by atoms with Crippen LogP contribution in [-0.4, -0.2) is 24.4 Å². The van der Waals surface area contributed by atoms with Gasteiger partial charge in [0.2, 0.25) is 0 Å². The van der Waals surface area contributed by atoms with Gasteiger partial charge in [0.1, 0.15) is 21.6 Å². The van der Waals surface area contributed by atoms with E-state index in [1.165, 1.54) is 13.2 Å². The summed E-state index contributed by atoms with van der Waals surface area (Å²) in [6.07, 6.45) is 1.51. The normalized spacial score (nSPS) is 14.0. The largest absolute Gasteiger partial charge is 0.495 e. The van der Waals surface area contributed by atoms with Crippen LogP contribution in [0.5, 0.6) is 5.75 Å². The molecule has 150 valence electrons. The summed E-state index contributed by atoms with van der Waals surface area (Å²) in [5.74, 6) is -0.662. The Balaban J connectivity index is 2.07. The highest BCUT2D eigenvalue weighted by molar-refractivity contribution is 7.83. The van der Waals surface area contributed by atoms with Crippen LogP contribution in [0.25, 0.3) is 10.8 Å². The fourth-order valence-corrected chi connectivity index (χ4v) is 4.61. The molecule has 0 spiro atoms. The van der Waals surface area contributed by atoms with E-state index < -0.39 is 28.9 Å². The van der Waals surface area contributed by atoms with Crippen LogP contribution < -0.4 is 9.46 Å². The summed E-state index contributed by atoms with van der Waals surface area (Å²) in [6.45, 7) is 3.78. The van der Waals surface area contributed by atoms with E-state index in [-0.39, 0.29) is 0 Å². The standard InChI is InChI=1S/C23H23NO4S/c1-4-18(23(25)28-3)21(17-11-6-5-7-12-17)24-29(26)22-19-13-9-8-10-16(19)14-15-20(22)27-2/h4-15,18,21,24H,1H2,2-3H3/t18-,21+,29+/m1/s1. The van der Waals surface area contributed by atoms with E-state index in [1.807, 2.05) is 60.7 Å². The Kier molecular flexibility index (Phi) is 6.80. The maximum Gasteiger partial charge on any atom is 0.314 e. The van der Waals surface area contributed by atoms with Crippen LogP contribution in [0.4, 0.5) is 0 Å². The molecule has 3 atom stereocenters. The molecule has 0 amide bonds. The number of carbonyl (C=O) groups is 1. The highest BCUT2D eigenvalue weighted by Gasteiger charge is 2.30. The molecule has 0 aliphatic rings. The number of methoxy groups -OCH3 is 2. The van der Waals surface area contributed by atoms with Gasteiger partial charge >= 0.3 is 5.97 Å². The van der Waals surface area contributed by atoms with Gasteiger partial charge in [-0.05, 0) is 17.0 Å². The summed E-state index contributed by atoms with van der Waals surface area (Å²) in [6, 6.07) is 20.1. The van der Waals surface area contributed by atoms with Gasteiger partial charge in [-0.1, -0.05) is 66.7 Å². The van der Waals surface area contributed by atoms with Crippen LogP contribution in [0.15, 0.2) is 84.3 Å². The summed E-state index contributed by atoms with van der Waals surface area (Å²) in [5.41, 5.74) is 0.801. The smallest absolute Gasteiger partial charge is 0.314 e. The Morgan fingerprint density at radius 3 is 2.38 bits per heavy atom. The van der Waals surface area contributed by atoms with Crippen LogP contribution in [0.3, 0.4) is 0 Å². The summed E-state index contributed by atoms with van der Waals surface area (Å²) in [5, 5.41) is 1.76. The third-order valence-corrected chi connectivity index (χ3v) is 5.99. The van der Waals surface area contributed by atoms with E-state index in [2.05, 4.69) is 11.3 Å². The molecule has 0 fully saturated rings. The van der Waals surface area contributed by atoms with Gasteiger partial charge in [-0.25, -0.2) is 8.93 Å². The molecular weight excluding hydrogens is 386 g/mol. The maximum atomic E-state index is 13.5. The van der Waals surface area contributed by atoms with Crippen molar-refractivity contribution in [2.75, 3.05) is 14.2 Å². The second kappa shape index (κ2) is 9.49. The first-order chi connectivity index (χ1) is 14.1. The van der Waals surface area contributed by atoms with Gasteiger partial charge < -0.3 is 9.47 Å². The third kappa shape index (κ3) is 4.39. The predicted octanol–water partition coefficient (Wildman–Crippen LogP) is 4.18. The first-order valence-electron chi connectivity index (χ1n) is 9.09. The summed E-state index contributed by atoms with van der Waals surface area (Å²) < 4.78 is 27.0. The molecule has 3 aromatic carbocycles. The second-order valence-electron chi connectivity index (χ2n) is 6.38. The minimum atomic E-state index is -1.67.